The Morgan fingerprint density at radius 3 is 2.38 bits per heavy atom. The first kappa shape index (κ1) is 20.0. The molecule has 0 fully saturated rings. The van der Waals surface area contributed by atoms with Crippen molar-refractivity contribution in [3.8, 4) is 23.0 Å². The number of benzene rings is 1. The van der Waals surface area contributed by atoms with Gasteiger partial charge < -0.3 is 14.8 Å². The molecule has 0 radical (unpaired) electrons. The van der Waals surface area contributed by atoms with E-state index in [1.54, 1.807) is 32.0 Å². The average Bonchev–Trinajstić information content (AvgIpc) is 2.74. The maximum Gasteiger partial charge on any atom is 0.257 e. The lowest BCUT2D eigenvalue weighted by Crippen LogP contribution is -2.32. The molecule has 0 aliphatic carbocycles. The first-order chi connectivity index (χ1) is 13.9. The molecule has 9 heteroatoms. The second-order valence-electron chi connectivity index (χ2n) is 6.28. The van der Waals surface area contributed by atoms with Crippen molar-refractivity contribution in [1.82, 2.24) is 19.5 Å². The van der Waals surface area contributed by atoms with Crippen molar-refractivity contribution in [3.05, 3.63) is 58.4 Å². The van der Waals surface area contributed by atoms with Crippen molar-refractivity contribution in [2.75, 3.05) is 19.5 Å². The zero-order chi connectivity index (χ0) is 21.0. The predicted molar refractivity (Wildman–Crippen MR) is 107 cm³/mol. The van der Waals surface area contributed by atoms with Crippen LogP contribution in [0.15, 0.2) is 41.6 Å². The summed E-state index contributed by atoms with van der Waals surface area (Å²) in [6.07, 6.45) is 4.53. The van der Waals surface area contributed by atoms with E-state index in [0.29, 0.717) is 34.1 Å². The van der Waals surface area contributed by atoms with Crippen LogP contribution in [-0.4, -0.2) is 39.6 Å². The van der Waals surface area contributed by atoms with Gasteiger partial charge >= 0.3 is 0 Å². The van der Waals surface area contributed by atoms with Crippen LogP contribution in [0, 0.1) is 13.8 Å². The zero-order valence-corrected chi connectivity index (χ0v) is 16.6. The molecule has 1 amide bonds. The number of aromatic nitrogens is 4. The summed E-state index contributed by atoms with van der Waals surface area (Å²) in [5.74, 6) is 0.942. The highest BCUT2D eigenvalue weighted by Crippen LogP contribution is 2.25. The number of carbonyl (C=O) groups is 1. The summed E-state index contributed by atoms with van der Waals surface area (Å²) in [6, 6.07) is 5.01. The topological polar surface area (TPSA) is 108 Å². The maximum atomic E-state index is 12.8. The van der Waals surface area contributed by atoms with Gasteiger partial charge in [-0.05, 0) is 13.8 Å². The van der Waals surface area contributed by atoms with Crippen LogP contribution in [-0.2, 0) is 11.3 Å². The fourth-order valence-corrected chi connectivity index (χ4v) is 2.74. The monoisotopic (exact) mass is 395 g/mol. The van der Waals surface area contributed by atoms with Crippen molar-refractivity contribution < 1.29 is 14.3 Å². The van der Waals surface area contributed by atoms with Gasteiger partial charge in [-0.2, -0.15) is 0 Å². The minimum atomic E-state index is -0.405. The molecular weight excluding hydrogens is 374 g/mol. The highest BCUT2D eigenvalue weighted by atomic mass is 16.5. The minimum Gasteiger partial charge on any atom is -0.497 e. The summed E-state index contributed by atoms with van der Waals surface area (Å²) in [5, 5.41) is 2.76. The molecule has 0 spiro atoms. The number of aryl methyl sites for hydroxylation is 1. The Balaban J connectivity index is 1.95. The van der Waals surface area contributed by atoms with Gasteiger partial charge in [0.1, 0.15) is 23.7 Å². The molecule has 0 unspecified atom stereocenters. The Bertz CT molecular complexity index is 1070. The molecular formula is C20H21N5O4. The van der Waals surface area contributed by atoms with Gasteiger partial charge in [0, 0.05) is 47.5 Å². The van der Waals surface area contributed by atoms with Crippen molar-refractivity contribution >= 4 is 11.6 Å². The highest BCUT2D eigenvalue weighted by Gasteiger charge is 2.17. The van der Waals surface area contributed by atoms with Gasteiger partial charge in [-0.15, -0.1) is 0 Å². The molecule has 3 rings (SSSR count). The largest absolute Gasteiger partial charge is 0.497 e. The summed E-state index contributed by atoms with van der Waals surface area (Å²) in [6.45, 7) is 3.17. The molecule has 3 aromatic rings. The van der Waals surface area contributed by atoms with Gasteiger partial charge in [-0.25, -0.2) is 9.97 Å². The van der Waals surface area contributed by atoms with Crippen LogP contribution < -0.4 is 20.3 Å². The van der Waals surface area contributed by atoms with Crippen LogP contribution in [0.5, 0.6) is 11.5 Å². The SMILES string of the molecule is COc1cc(NC(=O)Cn2c(-c3cnccn3)nc(C)c(C)c2=O)cc(OC)c1. The van der Waals surface area contributed by atoms with Gasteiger partial charge in [0.05, 0.1) is 20.4 Å². The third kappa shape index (κ3) is 4.40. The third-order valence-electron chi connectivity index (χ3n) is 4.37. The molecule has 150 valence electrons. The molecule has 9 nitrogen and oxygen atoms in total. The fraction of sp³-hybridized carbons (Fsp3) is 0.250. The number of methoxy groups -OCH3 is 2. The van der Waals surface area contributed by atoms with Gasteiger partial charge in [0.25, 0.3) is 5.56 Å². The molecule has 1 aromatic carbocycles. The minimum absolute atomic E-state index is 0.238. The number of hydrogen-bond acceptors (Lipinski definition) is 7. The quantitative estimate of drug-likeness (QED) is 0.680. The summed E-state index contributed by atoms with van der Waals surface area (Å²) < 4.78 is 11.7. The molecule has 0 saturated carbocycles. The Hall–Kier alpha value is -3.75. The summed E-state index contributed by atoms with van der Waals surface area (Å²) in [5.41, 5.74) is 1.62. The Kier molecular flexibility index (Phi) is 5.87. The van der Waals surface area contributed by atoms with Crippen molar-refractivity contribution in [2.24, 2.45) is 0 Å². The van der Waals surface area contributed by atoms with E-state index in [2.05, 4.69) is 20.3 Å². The van der Waals surface area contributed by atoms with Crippen LogP contribution in [0.1, 0.15) is 11.3 Å². The highest BCUT2D eigenvalue weighted by molar-refractivity contribution is 5.91. The third-order valence-corrected chi connectivity index (χ3v) is 4.37. The average molecular weight is 395 g/mol. The molecule has 0 atom stereocenters. The molecule has 2 heterocycles. The first-order valence-electron chi connectivity index (χ1n) is 8.80. The summed E-state index contributed by atoms with van der Waals surface area (Å²) in [7, 11) is 3.04. The Morgan fingerprint density at radius 1 is 1.10 bits per heavy atom. The standard InChI is InChI=1S/C20H21N5O4/c1-12-13(2)23-19(17-10-21-5-6-22-17)25(20(12)27)11-18(26)24-14-7-15(28-3)9-16(8-14)29-4/h5-10H,11H2,1-4H3,(H,24,26). The number of amides is 1. The lowest BCUT2D eigenvalue weighted by atomic mass is 10.2. The molecule has 2 aromatic heterocycles. The Morgan fingerprint density at radius 2 is 1.79 bits per heavy atom. The molecule has 29 heavy (non-hydrogen) atoms. The summed E-state index contributed by atoms with van der Waals surface area (Å²) >= 11 is 0. The Labute approximate surface area is 167 Å². The second-order valence-corrected chi connectivity index (χ2v) is 6.28. The fourth-order valence-electron chi connectivity index (χ4n) is 2.74. The number of anilines is 1. The number of hydrogen-bond donors (Lipinski definition) is 1. The predicted octanol–water partition coefficient (Wildman–Crippen LogP) is 1.97. The lowest BCUT2D eigenvalue weighted by molar-refractivity contribution is -0.116. The number of rotatable bonds is 6. The molecule has 0 aliphatic rings. The van der Waals surface area contributed by atoms with Crippen LogP contribution in [0.25, 0.3) is 11.5 Å². The van der Waals surface area contributed by atoms with Crippen LogP contribution >= 0.6 is 0 Å². The van der Waals surface area contributed by atoms with Crippen molar-refractivity contribution in [3.63, 3.8) is 0 Å². The van der Waals surface area contributed by atoms with Gasteiger partial charge in [-0.3, -0.25) is 19.1 Å². The van der Waals surface area contributed by atoms with Gasteiger partial charge in [-0.1, -0.05) is 0 Å². The molecule has 0 bridgehead atoms. The lowest BCUT2D eigenvalue weighted by Gasteiger charge is -2.14. The van der Waals surface area contributed by atoms with E-state index in [4.69, 9.17) is 9.47 Å². The molecule has 0 aliphatic heterocycles. The normalized spacial score (nSPS) is 10.5. The number of nitrogens with one attached hydrogen (secondary N) is 1. The first-order valence-corrected chi connectivity index (χ1v) is 8.80. The molecule has 1 N–H and O–H groups in total. The number of carbonyl (C=O) groups excluding carboxylic acids is 1. The van der Waals surface area contributed by atoms with E-state index >= 15 is 0 Å². The summed E-state index contributed by atoms with van der Waals surface area (Å²) in [4.78, 5) is 38.2. The van der Waals surface area contributed by atoms with E-state index in [-0.39, 0.29) is 17.9 Å². The van der Waals surface area contributed by atoms with Crippen molar-refractivity contribution in [2.45, 2.75) is 20.4 Å². The van der Waals surface area contributed by atoms with Crippen molar-refractivity contribution in [1.29, 1.82) is 0 Å². The van der Waals surface area contributed by atoms with E-state index in [1.165, 1.54) is 37.4 Å². The van der Waals surface area contributed by atoms with E-state index in [1.807, 2.05) is 0 Å². The maximum absolute atomic E-state index is 12.8. The second kappa shape index (κ2) is 8.51. The number of nitrogens with zero attached hydrogens (tertiary/aromatic N) is 4. The van der Waals surface area contributed by atoms with E-state index in [9.17, 15) is 9.59 Å². The number of ether oxygens (including phenoxy) is 2. The van der Waals surface area contributed by atoms with Crippen LogP contribution in [0.4, 0.5) is 5.69 Å². The van der Waals surface area contributed by atoms with Gasteiger partial charge in [0.2, 0.25) is 5.91 Å². The van der Waals surface area contributed by atoms with E-state index in [0.717, 1.165) is 0 Å². The van der Waals surface area contributed by atoms with Crippen LogP contribution in [0.3, 0.4) is 0 Å². The zero-order valence-electron chi connectivity index (χ0n) is 16.6. The van der Waals surface area contributed by atoms with Crippen LogP contribution in [0.2, 0.25) is 0 Å². The smallest absolute Gasteiger partial charge is 0.257 e. The van der Waals surface area contributed by atoms with Gasteiger partial charge in [0.15, 0.2) is 5.82 Å². The van der Waals surface area contributed by atoms with E-state index < -0.39 is 5.91 Å². The molecule has 0 saturated heterocycles.